The molecule has 0 bridgehead atoms. The predicted octanol–water partition coefficient (Wildman–Crippen LogP) is 4.27. The molecule has 0 amide bonds. The largest absolute Gasteiger partial charge is 0.488 e. The van der Waals surface area contributed by atoms with Crippen molar-refractivity contribution in [3.05, 3.63) is 26.6 Å². The first-order valence-electron chi connectivity index (χ1n) is 6.97. The zero-order valence-corrected chi connectivity index (χ0v) is 15.1. The van der Waals surface area contributed by atoms with E-state index in [4.69, 9.17) is 9.47 Å². The number of nitrogens with one attached hydrogen (secondary N) is 1. The van der Waals surface area contributed by atoms with Crippen LogP contribution in [0.15, 0.2) is 21.1 Å². The topological polar surface area (TPSA) is 30.5 Å². The van der Waals surface area contributed by atoms with Gasteiger partial charge >= 0.3 is 0 Å². The molecule has 3 nitrogen and oxygen atoms in total. The van der Waals surface area contributed by atoms with Crippen LogP contribution in [-0.2, 0) is 11.3 Å². The first-order chi connectivity index (χ1) is 9.60. The lowest BCUT2D eigenvalue weighted by molar-refractivity contribution is 0.134. The Labute approximate surface area is 137 Å². The van der Waals surface area contributed by atoms with Gasteiger partial charge in [0.05, 0.1) is 15.0 Å². The van der Waals surface area contributed by atoms with Crippen molar-refractivity contribution in [1.29, 1.82) is 0 Å². The highest BCUT2D eigenvalue weighted by Crippen LogP contribution is 2.36. The smallest absolute Gasteiger partial charge is 0.148 e. The molecular weight excluding hydrogens is 386 g/mol. The van der Waals surface area contributed by atoms with E-state index in [9.17, 15) is 0 Å². The van der Waals surface area contributed by atoms with Crippen LogP contribution in [0.4, 0.5) is 0 Å². The summed E-state index contributed by atoms with van der Waals surface area (Å²) < 4.78 is 13.0. The number of rotatable bonds is 8. The molecule has 0 saturated heterocycles. The first kappa shape index (κ1) is 16.3. The maximum atomic E-state index is 5.98. The summed E-state index contributed by atoms with van der Waals surface area (Å²) in [6.07, 6.45) is 3.61. The summed E-state index contributed by atoms with van der Waals surface area (Å²) in [5.74, 6) is 0.865. The summed E-state index contributed by atoms with van der Waals surface area (Å²) in [4.78, 5) is 0. The van der Waals surface area contributed by atoms with Crippen molar-refractivity contribution < 1.29 is 9.47 Å². The third-order valence-electron chi connectivity index (χ3n) is 3.28. The molecule has 112 valence electrons. The highest BCUT2D eigenvalue weighted by Gasteiger charge is 2.20. The molecular formula is C15H21Br2NO2. The molecule has 1 saturated carbocycles. The van der Waals surface area contributed by atoms with Crippen LogP contribution in [0.5, 0.6) is 5.75 Å². The van der Waals surface area contributed by atoms with Crippen LogP contribution in [-0.4, -0.2) is 25.9 Å². The lowest BCUT2D eigenvalue weighted by atomic mass is 10.2. The zero-order chi connectivity index (χ0) is 14.5. The second-order valence-corrected chi connectivity index (χ2v) is 6.96. The molecule has 1 N–H and O–H groups in total. The number of halogens is 2. The third-order valence-corrected chi connectivity index (χ3v) is 4.46. The van der Waals surface area contributed by atoms with Crippen molar-refractivity contribution in [3.8, 4) is 5.75 Å². The molecule has 20 heavy (non-hydrogen) atoms. The summed E-state index contributed by atoms with van der Waals surface area (Å²) in [5, 5.41) is 3.52. The Hall–Kier alpha value is -0.100. The quantitative estimate of drug-likeness (QED) is 0.699. The van der Waals surface area contributed by atoms with Gasteiger partial charge in [-0.2, -0.15) is 0 Å². The van der Waals surface area contributed by atoms with Crippen molar-refractivity contribution in [2.75, 3.05) is 13.7 Å². The fourth-order valence-corrected chi connectivity index (χ4v) is 3.39. The Morgan fingerprint density at radius 2 is 1.95 bits per heavy atom. The molecule has 5 heteroatoms. The van der Waals surface area contributed by atoms with Gasteiger partial charge < -0.3 is 14.8 Å². The minimum absolute atomic E-state index is 0.123. The van der Waals surface area contributed by atoms with Gasteiger partial charge in [0.1, 0.15) is 5.75 Å². The average molecular weight is 407 g/mol. The zero-order valence-electron chi connectivity index (χ0n) is 11.9. The highest BCUT2D eigenvalue weighted by atomic mass is 79.9. The Morgan fingerprint density at radius 3 is 2.50 bits per heavy atom. The Kier molecular flexibility index (Phi) is 6.33. The number of ether oxygens (including phenoxy) is 2. The molecule has 0 spiro atoms. The lowest BCUT2D eigenvalue weighted by Crippen LogP contribution is -2.16. The first-order valence-corrected chi connectivity index (χ1v) is 8.55. The third kappa shape index (κ3) is 5.02. The monoisotopic (exact) mass is 405 g/mol. The Morgan fingerprint density at radius 1 is 1.30 bits per heavy atom. The SMILES string of the molecule is COCCC(C)Oc1c(Br)cc(CNC2CC2)cc1Br. The van der Waals surface area contributed by atoms with Gasteiger partial charge in [-0.1, -0.05) is 0 Å². The van der Waals surface area contributed by atoms with E-state index in [1.807, 2.05) is 0 Å². The fraction of sp³-hybridized carbons (Fsp3) is 0.600. The summed E-state index contributed by atoms with van der Waals surface area (Å²) >= 11 is 7.21. The minimum atomic E-state index is 0.123. The van der Waals surface area contributed by atoms with Crippen LogP contribution >= 0.6 is 31.9 Å². The molecule has 1 atom stereocenters. The van der Waals surface area contributed by atoms with E-state index >= 15 is 0 Å². The normalized spacial score (nSPS) is 16.2. The molecule has 1 aromatic rings. The van der Waals surface area contributed by atoms with Gasteiger partial charge in [0, 0.05) is 32.7 Å². The van der Waals surface area contributed by atoms with Gasteiger partial charge in [-0.05, 0) is 69.3 Å². The second-order valence-electron chi connectivity index (χ2n) is 5.25. The summed E-state index contributed by atoms with van der Waals surface area (Å²) in [7, 11) is 1.71. The van der Waals surface area contributed by atoms with Crippen molar-refractivity contribution >= 4 is 31.9 Å². The molecule has 0 heterocycles. The summed E-state index contributed by atoms with van der Waals surface area (Å²) in [6, 6.07) is 4.97. The molecule has 2 rings (SSSR count). The molecule has 1 aliphatic carbocycles. The molecule has 0 aromatic heterocycles. The van der Waals surface area contributed by atoms with E-state index in [-0.39, 0.29) is 6.10 Å². The number of hydrogen-bond acceptors (Lipinski definition) is 3. The van der Waals surface area contributed by atoms with Crippen molar-refractivity contribution in [3.63, 3.8) is 0 Å². The second kappa shape index (κ2) is 7.78. The number of benzene rings is 1. The van der Waals surface area contributed by atoms with Crippen molar-refractivity contribution in [2.24, 2.45) is 0 Å². The lowest BCUT2D eigenvalue weighted by Gasteiger charge is -2.18. The van der Waals surface area contributed by atoms with E-state index in [0.29, 0.717) is 6.61 Å². The van der Waals surface area contributed by atoms with Gasteiger partial charge in [-0.25, -0.2) is 0 Å². The van der Waals surface area contributed by atoms with Crippen LogP contribution in [0.25, 0.3) is 0 Å². The number of hydrogen-bond donors (Lipinski definition) is 1. The maximum absolute atomic E-state index is 5.98. The van der Waals surface area contributed by atoms with Crippen molar-refractivity contribution in [2.45, 2.75) is 44.9 Å². The van der Waals surface area contributed by atoms with Crippen LogP contribution in [0.3, 0.4) is 0 Å². The summed E-state index contributed by atoms with van der Waals surface area (Å²) in [6.45, 7) is 3.67. The highest BCUT2D eigenvalue weighted by molar-refractivity contribution is 9.11. The van der Waals surface area contributed by atoms with Gasteiger partial charge in [-0.15, -0.1) is 0 Å². The van der Waals surface area contributed by atoms with Crippen LogP contribution in [0.1, 0.15) is 31.7 Å². The van der Waals surface area contributed by atoms with E-state index in [2.05, 4.69) is 56.2 Å². The Bertz CT molecular complexity index is 426. The predicted molar refractivity (Wildman–Crippen MR) is 88.3 cm³/mol. The van der Waals surface area contributed by atoms with Gasteiger partial charge in [-0.3, -0.25) is 0 Å². The van der Waals surface area contributed by atoms with Crippen LogP contribution in [0, 0.1) is 0 Å². The molecule has 1 fully saturated rings. The summed E-state index contributed by atoms with van der Waals surface area (Å²) in [5.41, 5.74) is 1.26. The minimum Gasteiger partial charge on any atom is -0.488 e. The number of methoxy groups -OCH3 is 1. The van der Waals surface area contributed by atoms with Gasteiger partial charge in [0.15, 0.2) is 0 Å². The molecule has 0 radical (unpaired) electrons. The van der Waals surface area contributed by atoms with E-state index in [0.717, 1.165) is 33.7 Å². The van der Waals surface area contributed by atoms with E-state index < -0.39 is 0 Å². The Balaban J connectivity index is 1.97. The van der Waals surface area contributed by atoms with Gasteiger partial charge in [0.2, 0.25) is 0 Å². The van der Waals surface area contributed by atoms with E-state index in [1.165, 1.54) is 18.4 Å². The fourth-order valence-electron chi connectivity index (χ4n) is 1.92. The molecule has 1 unspecified atom stereocenters. The standard InChI is InChI=1S/C15H21Br2NO2/c1-10(5-6-19-2)20-15-13(16)7-11(8-14(15)17)9-18-12-3-4-12/h7-8,10,12,18H,3-6,9H2,1-2H3. The van der Waals surface area contributed by atoms with E-state index in [1.54, 1.807) is 7.11 Å². The average Bonchev–Trinajstić information content (AvgIpc) is 3.22. The van der Waals surface area contributed by atoms with Gasteiger partial charge in [0.25, 0.3) is 0 Å². The van der Waals surface area contributed by atoms with Crippen LogP contribution in [0.2, 0.25) is 0 Å². The molecule has 1 aromatic carbocycles. The molecule has 1 aliphatic rings. The van der Waals surface area contributed by atoms with Crippen molar-refractivity contribution in [1.82, 2.24) is 5.32 Å². The maximum Gasteiger partial charge on any atom is 0.148 e. The van der Waals surface area contributed by atoms with Crippen LogP contribution < -0.4 is 10.1 Å². The molecule has 0 aliphatic heterocycles.